The molecule has 19 heavy (non-hydrogen) atoms. The van der Waals surface area contributed by atoms with Crippen molar-refractivity contribution in [3.8, 4) is 11.4 Å². The highest BCUT2D eigenvalue weighted by Gasteiger charge is 2.15. The molecule has 6 heteroatoms. The van der Waals surface area contributed by atoms with E-state index in [0.29, 0.717) is 6.42 Å². The Bertz CT molecular complexity index is 563. The van der Waals surface area contributed by atoms with Gasteiger partial charge in [-0.25, -0.2) is 4.68 Å². The number of rotatable bonds is 5. The Balaban J connectivity index is 2.25. The van der Waals surface area contributed by atoms with Crippen LogP contribution in [0.1, 0.15) is 12.6 Å². The number of hydrogen-bond donors (Lipinski definition) is 1. The fourth-order valence-electron chi connectivity index (χ4n) is 1.74. The Morgan fingerprint density at radius 3 is 2.68 bits per heavy atom. The average Bonchev–Trinajstić information content (AvgIpc) is 2.87. The molecule has 1 aromatic carbocycles. The topological polar surface area (TPSA) is 77.2 Å². The minimum Gasteiger partial charge on any atom is -0.497 e. The van der Waals surface area contributed by atoms with E-state index in [4.69, 9.17) is 9.84 Å². The van der Waals surface area contributed by atoms with Gasteiger partial charge in [0.05, 0.1) is 30.6 Å². The fraction of sp³-hybridized carbons (Fsp3) is 0.308. The molecule has 0 saturated carbocycles. The van der Waals surface area contributed by atoms with Crippen LogP contribution in [0.5, 0.6) is 5.75 Å². The van der Waals surface area contributed by atoms with Gasteiger partial charge in [0.15, 0.2) is 0 Å². The molecule has 0 amide bonds. The third kappa shape index (κ3) is 2.90. The first-order chi connectivity index (χ1) is 9.11. The van der Waals surface area contributed by atoms with Crippen LogP contribution in [-0.4, -0.2) is 33.2 Å². The number of ether oxygens (including phenoxy) is 1. The van der Waals surface area contributed by atoms with Crippen molar-refractivity contribution in [2.75, 3.05) is 7.11 Å². The molecule has 0 aliphatic carbocycles. The quantitative estimate of drug-likeness (QED) is 0.883. The predicted molar refractivity (Wildman–Crippen MR) is 68.4 cm³/mol. The first-order valence-electron chi connectivity index (χ1n) is 5.88. The number of carboxylic acid groups (broad SMARTS) is 1. The molecule has 2 rings (SSSR count). The van der Waals surface area contributed by atoms with E-state index in [2.05, 4.69) is 10.3 Å². The maximum Gasteiger partial charge on any atom is 0.306 e. The first-order valence-corrected chi connectivity index (χ1v) is 5.88. The minimum atomic E-state index is -0.831. The molecule has 0 fully saturated rings. The Morgan fingerprint density at radius 2 is 2.11 bits per heavy atom. The minimum absolute atomic E-state index is 0.383. The predicted octanol–water partition coefficient (Wildman–Crippen LogP) is 1.54. The van der Waals surface area contributed by atoms with Crippen molar-refractivity contribution in [2.24, 2.45) is 5.92 Å². The molecule has 0 saturated heterocycles. The second-order valence-electron chi connectivity index (χ2n) is 4.28. The molecule has 100 valence electrons. The lowest BCUT2D eigenvalue weighted by atomic mass is 10.1. The molecule has 1 aromatic heterocycles. The van der Waals surface area contributed by atoms with Gasteiger partial charge in [-0.15, -0.1) is 5.10 Å². The van der Waals surface area contributed by atoms with E-state index in [9.17, 15) is 4.79 Å². The van der Waals surface area contributed by atoms with Crippen molar-refractivity contribution in [2.45, 2.75) is 13.3 Å². The molecule has 0 aliphatic rings. The van der Waals surface area contributed by atoms with Crippen molar-refractivity contribution < 1.29 is 14.6 Å². The number of aliphatic carboxylic acids is 1. The SMILES string of the molecule is COc1ccc(-n2nncc2CC(C)C(=O)O)cc1. The Labute approximate surface area is 110 Å². The van der Waals surface area contributed by atoms with Crippen LogP contribution in [-0.2, 0) is 11.2 Å². The van der Waals surface area contributed by atoms with E-state index in [-0.39, 0.29) is 0 Å². The van der Waals surface area contributed by atoms with E-state index >= 15 is 0 Å². The van der Waals surface area contributed by atoms with Gasteiger partial charge < -0.3 is 9.84 Å². The van der Waals surface area contributed by atoms with Gasteiger partial charge in [-0.05, 0) is 24.3 Å². The molecule has 1 N–H and O–H groups in total. The standard InChI is InChI=1S/C13H15N3O3/c1-9(13(17)18)7-11-8-14-15-16(11)10-3-5-12(19-2)6-4-10/h3-6,8-9H,7H2,1-2H3,(H,17,18). The number of carboxylic acids is 1. The van der Waals surface area contributed by atoms with E-state index in [1.165, 1.54) is 0 Å². The first kappa shape index (κ1) is 13.1. The molecule has 2 aromatic rings. The lowest BCUT2D eigenvalue weighted by Crippen LogP contribution is -2.14. The van der Waals surface area contributed by atoms with Gasteiger partial charge in [-0.2, -0.15) is 0 Å². The summed E-state index contributed by atoms with van der Waals surface area (Å²) in [4.78, 5) is 10.9. The van der Waals surface area contributed by atoms with Gasteiger partial charge in [0.2, 0.25) is 0 Å². The third-order valence-electron chi connectivity index (χ3n) is 2.87. The molecular formula is C13H15N3O3. The van der Waals surface area contributed by atoms with Crippen molar-refractivity contribution in [1.29, 1.82) is 0 Å². The van der Waals surface area contributed by atoms with Crippen LogP contribution < -0.4 is 4.74 Å². The lowest BCUT2D eigenvalue weighted by Gasteiger charge is -2.09. The summed E-state index contributed by atoms with van der Waals surface area (Å²) in [5, 5.41) is 16.8. The Hall–Kier alpha value is -2.37. The van der Waals surface area contributed by atoms with E-state index in [0.717, 1.165) is 17.1 Å². The number of benzene rings is 1. The summed E-state index contributed by atoms with van der Waals surface area (Å²) in [5.74, 6) is -0.553. The largest absolute Gasteiger partial charge is 0.497 e. The van der Waals surface area contributed by atoms with E-state index in [1.807, 2.05) is 24.3 Å². The number of nitrogens with zero attached hydrogens (tertiary/aromatic N) is 3. The highest BCUT2D eigenvalue weighted by Crippen LogP contribution is 2.17. The van der Waals surface area contributed by atoms with Crippen molar-refractivity contribution in [1.82, 2.24) is 15.0 Å². The molecule has 0 spiro atoms. The fourth-order valence-corrected chi connectivity index (χ4v) is 1.74. The van der Waals surface area contributed by atoms with Gasteiger partial charge in [0.25, 0.3) is 0 Å². The zero-order valence-corrected chi connectivity index (χ0v) is 10.8. The number of aromatic nitrogens is 3. The molecular weight excluding hydrogens is 246 g/mol. The Kier molecular flexibility index (Phi) is 3.79. The maximum absolute atomic E-state index is 10.9. The summed E-state index contributed by atoms with van der Waals surface area (Å²) in [7, 11) is 1.60. The molecule has 1 heterocycles. The second kappa shape index (κ2) is 5.51. The maximum atomic E-state index is 10.9. The summed E-state index contributed by atoms with van der Waals surface area (Å²) in [6.45, 7) is 1.66. The number of hydrogen-bond acceptors (Lipinski definition) is 4. The van der Waals surface area contributed by atoms with Gasteiger partial charge >= 0.3 is 5.97 Å². The monoisotopic (exact) mass is 261 g/mol. The van der Waals surface area contributed by atoms with Crippen LogP contribution in [0, 0.1) is 5.92 Å². The normalized spacial score (nSPS) is 12.1. The molecule has 1 unspecified atom stereocenters. The number of methoxy groups -OCH3 is 1. The summed E-state index contributed by atoms with van der Waals surface area (Å²) in [5.41, 5.74) is 1.59. The summed E-state index contributed by atoms with van der Waals surface area (Å²) >= 11 is 0. The van der Waals surface area contributed by atoms with E-state index < -0.39 is 11.9 Å². The van der Waals surface area contributed by atoms with Crippen LogP contribution in [0.25, 0.3) is 5.69 Å². The van der Waals surface area contributed by atoms with Crippen molar-refractivity contribution >= 4 is 5.97 Å². The van der Waals surface area contributed by atoms with Crippen LogP contribution >= 0.6 is 0 Å². The van der Waals surface area contributed by atoms with Gasteiger partial charge in [-0.1, -0.05) is 12.1 Å². The van der Waals surface area contributed by atoms with E-state index in [1.54, 1.807) is 24.9 Å². The zero-order chi connectivity index (χ0) is 13.8. The van der Waals surface area contributed by atoms with Crippen LogP contribution in [0.4, 0.5) is 0 Å². The van der Waals surface area contributed by atoms with Crippen LogP contribution in [0.2, 0.25) is 0 Å². The summed E-state index contributed by atoms with van der Waals surface area (Å²) < 4.78 is 6.73. The van der Waals surface area contributed by atoms with Crippen LogP contribution in [0.3, 0.4) is 0 Å². The smallest absolute Gasteiger partial charge is 0.306 e. The van der Waals surface area contributed by atoms with Gasteiger partial charge in [-0.3, -0.25) is 4.79 Å². The van der Waals surface area contributed by atoms with Crippen LogP contribution in [0.15, 0.2) is 30.5 Å². The second-order valence-corrected chi connectivity index (χ2v) is 4.28. The number of carbonyl (C=O) groups is 1. The van der Waals surface area contributed by atoms with Crippen molar-refractivity contribution in [3.63, 3.8) is 0 Å². The molecule has 0 aliphatic heterocycles. The molecule has 0 bridgehead atoms. The Morgan fingerprint density at radius 1 is 1.42 bits per heavy atom. The lowest BCUT2D eigenvalue weighted by molar-refractivity contribution is -0.141. The zero-order valence-electron chi connectivity index (χ0n) is 10.8. The molecule has 1 atom stereocenters. The molecule has 0 radical (unpaired) electrons. The average molecular weight is 261 g/mol. The third-order valence-corrected chi connectivity index (χ3v) is 2.87. The highest BCUT2D eigenvalue weighted by atomic mass is 16.5. The van der Waals surface area contributed by atoms with Gasteiger partial charge in [0.1, 0.15) is 5.75 Å². The summed E-state index contributed by atoms with van der Waals surface area (Å²) in [6.07, 6.45) is 1.97. The molecule has 6 nitrogen and oxygen atoms in total. The van der Waals surface area contributed by atoms with Crippen molar-refractivity contribution in [3.05, 3.63) is 36.2 Å². The van der Waals surface area contributed by atoms with Gasteiger partial charge in [0, 0.05) is 6.42 Å². The summed E-state index contributed by atoms with van der Waals surface area (Å²) in [6, 6.07) is 7.34. The highest BCUT2D eigenvalue weighted by molar-refractivity contribution is 5.69.